The van der Waals surface area contributed by atoms with Crippen LogP contribution in [0.1, 0.15) is 36.4 Å². The third-order valence-corrected chi connectivity index (χ3v) is 6.60. The van der Waals surface area contributed by atoms with E-state index in [4.69, 9.17) is 14.2 Å². The van der Waals surface area contributed by atoms with E-state index in [-0.39, 0.29) is 6.61 Å². The van der Waals surface area contributed by atoms with Gasteiger partial charge in [0, 0.05) is 12.2 Å². The highest BCUT2D eigenvalue weighted by molar-refractivity contribution is 5.99. The summed E-state index contributed by atoms with van der Waals surface area (Å²) in [6, 6.07) is 21.4. The summed E-state index contributed by atoms with van der Waals surface area (Å²) in [5.41, 5.74) is 1.99. The molecular weight excluding hydrogens is 498 g/mol. The number of amides is 3. The molecule has 0 bridgehead atoms. The molecule has 1 saturated heterocycles. The molecule has 2 N–H and O–H groups in total. The highest BCUT2D eigenvalue weighted by atomic mass is 16.6. The molecule has 1 fully saturated rings. The molecule has 3 aromatic carbocycles. The molecule has 1 unspecified atom stereocenters. The van der Waals surface area contributed by atoms with Crippen LogP contribution in [0, 0.1) is 0 Å². The Balaban J connectivity index is 1.50. The van der Waals surface area contributed by atoms with E-state index in [1.54, 1.807) is 62.8 Å². The van der Waals surface area contributed by atoms with Gasteiger partial charge in [-0.05, 0) is 66.8 Å². The number of piperidine rings is 1. The molecule has 9 nitrogen and oxygen atoms in total. The molecule has 1 aliphatic heterocycles. The minimum absolute atomic E-state index is 0.114. The Morgan fingerprint density at radius 2 is 1.51 bits per heavy atom. The molecule has 1 aliphatic rings. The molecule has 0 aliphatic carbocycles. The van der Waals surface area contributed by atoms with Crippen molar-refractivity contribution in [1.29, 1.82) is 0 Å². The molecule has 39 heavy (non-hydrogen) atoms. The van der Waals surface area contributed by atoms with Gasteiger partial charge in [0.1, 0.15) is 30.2 Å². The highest BCUT2D eigenvalue weighted by Crippen LogP contribution is 2.24. The SMILES string of the molecule is COc1ccc(NC(=O)C(NC(=O)[C@@H]2CCCCN2C(=O)OCc2ccccc2)c2ccc(OC)cc2)cc1. The highest BCUT2D eigenvalue weighted by Gasteiger charge is 2.35. The van der Waals surface area contributed by atoms with Crippen molar-refractivity contribution in [1.82, 2.24) is 10.2 Å². The predicted octanol–water partition coefficient (Wildman–Crippen LogP) is 4.69. The molecule has 9 heteroatoms. The number of benzene rings is 3. The first-order valence-corrected chi connectivity index (χ1v) is 12.8. The van der Waals surface area contributed by atoms with Crippen molar-refractivity contribution in [2.75, 3.05) is 26.1 Å². The van der Waals surface area contributed by atoms with Crippen molar-refractivity contribution >= 4 is 23.6 Å². The second-order valence-electron chi connectivity index (χ2n) is 9.18. The molecule has 0 saturated carbocycles. The van der Waals surface area contributed by atoms with Crippen molar-refractivity contribution in [3.63, 3.8) is 0 Å². The monoisotopic (exact) mass is 531 g/mol. The number of carbonyl (C=O) groups is 3. The number of hydrogen-bond donors (Lipinski definition) is 2. The number of likely N-dealkylation sites (tertiary alicyclic amines) is 1. The number of hydrogen-bond acceptors (Lipinski definition) is 6. The summed E-state index contributed by atoms with van der Waals surface area (Å²) in [4.78, 5) is 41.4. The molecule has 0 radical (unpaired) electrons. The van der Waals surface area contributed by atoms with E-state index < -0.39 is 30.0 Å². The quantitative estimate of drug-likeness (QED) is 0.415. The van der Waals surface area contributed by atoms with Crippen LogP contribution in [0.15, 0.2) is 78.9 Å². The Morgan fingerprint density at radius 3 is 2.15 bits per heavy atom. The van der Waals surface area contributed by atoms with Crippen LogP contribution in [-0.2, 0) is 20.9 Å². The number of nitrogens with zero attached hydrogens (tertiary/aromatic N) is 1. The molecule has 204 valence electrons. The fraction of sp³-hybridized carbons (Fsp3) is 0.300. The third kappa shape index (κ3) is 7.28. The standard InChI is InChI=1S/C30H33N3O6/c1-37-24-15-11-22(12-16-24)27(29(35)31-23-13-17-25(38-2)18-14-23)32-28(34)26-10-6-7-19-33(26)30(36)39-20-21-8-4-3-5-9-21/h3-5,8-9,11-18,26-27H,6-7,10,19-20H2,1-2H3,(H,31,35)(H,32,34)/t26-,27?/m0/s1. The molecular formula is C30H33N3O6. The second kappa shape index (κ2) is 13.3. The van der Waals surface area contributed by atoms with Gasteiger partial charge in [0.25, 0.3) is 5.91 Å². The van der Waals surface area contributed by atoms with Gasteiger partial charge < -0.3 is 24.8 Å². The number of nitrogens with one attached hydrogen (secondary N) is 2. The minimum Gasteiger partial charge on any atom is -0.497 e. The molecule has 2 atom stereocenters. The van der Waals surface area contributed by atoms with Crippen molar-refractivity contribution in [2.45, 2.75) is 38.0 Å². The summed E-state index contributed by atoms with van der Waals surface area (Å²) >= 11 is 0. The molecule has 0 aromatic heterocycles. The van der Waals surface area contributed by atoms with Crippen molar-refractivity contribution < 1.29 is 28.6 Å². The minimum atomic E-state index is -1.00. The van der Waals surface area contributed by atoms with E-state index in [1.807, 2.05) is 30.3 Å². The van der Waals surface area contributed by atoms with Gasteiger partial charge in [0.15, 0.2) is 0 Å². The van der Waals surface area contributed by atoms with Crippen molar-refractivity contribution in [2.24, 2.45) is 0 Å². The maximum Gasteiger partial charge on any atom is 0.410 e. The normalized spacial score (nSPS) is 15.5. The summed E-state index contributed by atoms with van der Waals surface area (Å²) in [6.45, 7) is 0.514. The summed E-state index contributed by atoms with van der Waals surface area (Å²) in [7, 11) is 3.12. The van der Waals surface area contributed by atoms with Gasteiger partial charge in [0.2, 0.25) is 5.91 Å². The number of carbonyl (C=O) groups excluding carboxylic acids is 3. The van der Waals surface area contributed by atoms with E-state index in [1.165, 1.54) is 4.90 Å². The van der Waals surface area contributed by atoms with Crippen LogP contribution in [0.25, 0.3) is 0 Å². The summed E-state index contributed by atoms with van der Waals surface area (Å²) in [5.74, 6) is 0.438. The van der Waals surface area contributed by atoms with E-state index in [0.29, 0.717) is 35.7 Å². The number of methoxy groups -OCH3 is 2. The lowest BCUT2D eigenvalue weighted by atomic mass is 10.00. The zero-order chi connectivity index (χ0) is 27.6. The first kappa shape index (κ1) is 27.5. The Hall–Kier alpha value is -4.53. The van der Waals surface area contributed by atoms with Gasteiger partial charge in [-0.1, -0.05) is 42.5 Å². The van der Waals surface area contributed by atoms with Crippen LogP contribution in [-0.4, -0.2) is 49.6 Å². The Labute approximate surface area is 228 Å². The third-order valence-electron chi connectivity index (χ3n) is 6.60. The number of anilines is 1. The fourth-order valence-corrected chi connectivity index (χ4v) is 4.45. The summed E-state index contributed by atoms with van der Waals surface area (Å²) in [6.07, 6.45) is 1.47. The van der Waals surface area contributed by atoms with Crippen LogP contribution in [0.4, 0.5) is 10.5 Å². The topological polar surface area (TPSA) is 106 Å². The molecule has 3 aromatic rings. The van der Waals surface area contributed by atoms with Gasteiger partial charge >= 0.3 is 6.09 Å². The van der Waals surface area contributed by atoms with Crippen LogP contribution in [0.2, 0.25) is 0 Å². The maximum absolute atomic E-state index is 13.6. The molecule has 1 heterocycles. The molecule has 4 rings (SSSR count). The predicted molar refractivity (Wildman–Crippen MR) is 146 cm³/mol. The van der Waals surface area contributed by atoms with Crippen LogP contribution in [0.5, 0.6) is 11.5 Å². The number of ether oxygens (including phenoxy) is 3. The molecule has 0 spiro atoms. The maximum atomic E-state index is 13.6. The Bertz CT molecular complexity index is 1250. The molecule has 3 amide bonds. The van der Waals surface area contributed by atoms with Gasteiger partial charge in [-0.2, -0.15) is 0 Å². The summed E-state index contributed by atoms with van der Waals surface area (Å²) in [5, 5.41) is 5.73. The smallest absolute Gasteiger partial charge is 0.410 e. The van der Waals surface area contributed by atoms with Gasteiger partial charge in [-0.3, -0.25) is 14.5 Å². The summed E-state index contributed by atoms with van der Waals surface area (Å²) < 4.78 is 15.9. The van der Waals surface area contributed by atoms with E-state index in [9.17, 15) is 14.4 Å². The van der Waals surface area contributed by atoms with E-state index >= 15 is 0 Å². The number of rotatable bonds is 9. The average molecular weight is 532 g/mol. The van der Waals surface area contributed by atoms with Gasteiger partial charge in [0.05, 0.1) is 14.2 Å². The first-order chi connectivity index (χ1) is 19.0. The Kier molecular flexibility index (Phi) is 9.39. The largest absolute Gasteiger partial charge is 0.497 e. The van der Waals surface area contributed by atoms with E-state index in [0.717, 1.165) is 18.4 Å². The first-order valence-electron chi connectivity index (χ1n) is 12.8. The lowest BCUT2D eigenvalue weighted by Gasteiger charge is -2.34. The van der Waals surface area contributed by atoms with Crippen molar-refractivity contribution in [3.8, 4) is 11.5 Å². The Morgan fingerprint density at radius 1 is 0.872 bits per heavy atom. The van der Waals surface area contributed by atoms with Crippen LogP contribution in [0.3, 0.4) is 0 Å². The van der Waals surface area contributed by atoms with Gasteiger partial charge in [-0.25, -0.2) is 4.79 Å². The van der Waals surface area contributed by atoms with E-state index in [2.05, 4.69) is 10.6 Å². The van der Waals surface area contributed by atoms with Crippen molar-refractivity contribution in [3.05, 3.63) is 90.0 Å². The second-order valence-corrected chi connectivity index (χ2v) is 9.18. The lowest BCUT2D eigenvalue weighted by molar-refractivity contribution is -0.131. The zero-order valence-electron chi connectivity index (χ0n) is 22.1. The lowest BCUT2D eigenvalue weighted by Crippen LogP contribution is -2.53. The van der Waals surface area contributed by atoms with Gasteiger partial charge in [-0.15, -0.1) is 0 Å². The zero-order valence-corrected chi connectivity index (χ0v) is 22.1. The van der Waals surface area contributed by atoms with Crippen LogP contribution >= 0.6 is 0 Å². The fourth-order valence-electron chi connectivity index (χ4n) is 4.45. The van der Waals surface area contributed by atoms with Crippen LogP contribution < -0.4 is 20.1 Å². The average Bonchev–Trinajstić information content (AvgIpc) is 2.99.